The molecule has 8 aliphatic rings. The minimum Gasteiger partial charge on any atom is -0.453 e. The zero-order valence-corrected chi connectivity index (χ0v) is 58.5. The topological polar surface area (TPSA) is 247 Å². The van der Waals surface area contributed by atoms with Crippen LogP contribution in [0.4, 0.5) is 14.4 Å². The van der Waals surface area contributed by atoms with Gasteiger partial charge in [-0.1, -0.05) is 89.1 Å². The van der Waals surface area contributed by atoms with Gasteiger partial charge in [-0.15, -0.1) is 0 Å². The molecular formula is C78H93N11O10. The number of H-pyrrole nitrogens is 2. The second-order valence-corrected chi connectivity index (χ2v) is 29.1. The number of hydrogen-bond acceptors (Lipinski definition) is 14. The van der Waals surface area contributed by atoms with Gasteiger partial charge in [0.1, 0.15) is 29.3 Å². The van der Waals surface area contributed by atoms with Crippen LogP contribution in [0.3, 0.4) is 0 Å². The van der Waals surface area contributed by atoms with Crippen molar-refractivity contribution in [3.63, 3.8) is 0 Å². The summed E-state index contributed by atoms with van der Waals surface area (Å²) in [5.74, 6) is 1.97. The molecule has 4 N–H and O–H groups in total. The Hall–Kier alpha value is -9.21. The molecule has 5 atom stereocenters. The molecule has 4 fully saturated rings. The number of imidazole rings is 2. The summed E-state index contributed by atoms with van der Waals surface area (Å²) in [5.41, 5.74) is 19.3. The fraction of sp³-hybridized carbons (Fsp3) is 0.474. The number of fused-ring (bicyclic) bond motifs is 6. The predicted molar refractivity (Wildman–Crippen MR) is 380 cm³/mol. The van der Waals surface area contributed by atoms with Gasteiger partial charge >= 0.3 is 18.3 Å². The van der Waals surface area contributed by atoms with Crippen LogP contribution in [0.5, 0.6) is 0 Å². The Morgan fingerprint density at radius 1 is 0.515 bits per heavy atom. The van der Waals surface area contributed by atoms with Gasteiger partial charge in [0.2, 0.25) is 11.8 Å². The van der Waals surface area contributed by atoms with Gasteiger partial charge in [0.05, 0.1) is 82.6 Å². The highest BCUT2D eigenvalue weighted by Gasteiger charge is 2.41. The van der Waals surface area contributed by atoms with Gasteiger partial charge in [0.25, 0.3) is 0 Å². The van der Waals surface area contributed by atoms with Crippen LogP contribution < -0.4 is 10.6 Å². The van der Waals surface area contributed by atoms with E-state index in [1.807, 2.05) is 88.0 Å². The summed E-state index contributed by atoms with van der Waals surface area (Å²) in [4.78, 5) is 95.8. The van der Waals surface area contributed by atoms with Crippen molar-refractivity contribution in [3.05, 3.63) is 143 Å². The fourth-order valence-electron chi connectivity index (χ4n) is 15.5. The molecule has 0 unspecified atom stereocenters. The quantitative estimate of drug-likeness (QED) is 0.0744. The van der Waals surface area contributed by atoms with Gasteiger partial charge in [0.15, 0.2) is 0 Å². The van der Waals surface area contributed by atoms with Crippen LogP contribution >= 0.6 is 0 Å². The first kappa shape index (κ1) is 68.3. The largest absolute Gasteiger partial charge is 0.453 e. The van der Waals surface area contributed by atoms with E-state index in [0.717, 1.165) is 129 Å². The fourth-order valence-corrected chi connectivity index (χ4v) is 15.5. The second kappa shape index (κ2) is 29.3. The Morgan fingerprint density at radius 3 is 1.35 bits per heavy atom. The molecule has 21 heteroatoms. The van der Waals surface area contributed by atoms with Crippen LogP contribution in [-0.4, -0.2) is 140 Å². The molecule has 0 bridgehead atoms. The Morgan fingerprint density at radius 2 is 0.909 bits per heavy atom. The number of amides is 5. The van der Waals surface area contributed by atoms with E-state index in [2.05, 4.69) is 93.4 Å². The average molecular weight is 1340 g/mol. The van der Waals surface area contributed by atoms with E-state index in [1.165, 1.54) is 67.7 Å². The normalized spacial score (nSPS) is 20.3. The highest BCUT2D eigenvalue weighted by Crippen LogP contribution is 2.42. The van der Waals surface area contributed by atoms with Crippen molar-refractivity contribution in [3.8, 4) is 44.8 Å². The lowest BCUT2D eigenvalue weighted by molar-refractivity contribution is -0.135. The zero-order chi connectivity index (χ0) is 69.2. The predicted octanol–water partition coefficient (Wildman–Crippen LogP) is 14.4. The molecule has 9 heterocycles. The molecule has 0 radical (unpaired) electrons. The Labute approximate surface area is 579 Å². The van der Waals surface area contributed by atoms with Crippen molar-refractivity contribution < 1.29 is 47.7 Å². The van der Waals surface area contributed by atoms with Crippen molar-refractivity contribution in [2.45, 2.75) is 194 Å². The standard InChI is InChI=1S/C43H53N7O7.C35H40N4O3/c1-24(2)37(47-42(53)55-5)40(51)49-15-7-9-35(49)33-19-28(20-44-33)26-11-13-31-29(17-26)22-57-23-30-18-27(12-14-32(30)31)34-21-45-39(46-34)36-10-8-16-50(36)41(52)38(25(3)4)48-43(54)56-6;1-35(2,3)42-34(40)39-14-6-9-32(39)30-17-25(18-36-30)23-10-12-28-26(15-23)20-41-21-27-16-24(11-13-29(27)28)31-19-37-33(38-31)22-7-4-5-8-22/h11-14,17-18,20-21,24-25,35-38H,7-10,15-16,19,22-23H2,1-6H3,(H,45,46)(H,47,53)(H,48,54);10-13,15-16,18-19,22,32H,4-9,14,17,20-21H2,1-3H3,(H,37,38)/t35-,36-,37-,38-;32-/m00/s1. The van der Waals surface area contributed by atoms with Crippen molar-refractivity contribution >= 4 is 52.7 Å². The van der Waals surface area contributed by atoms with Crippen LogP contribution in [0.15, 0.2) is 108 Å². The second-order valence-electron chi connectivity index (χ2n) is 29.1. The summed E-state index contributed by atoms with van der Waals surface area (Å²) in [6.45, 7) is 17.4. The number of methoxy groups -OCH3 is 2. The number of carbonyl (C=O) groups excluding carboxylic acids is 5. The third-order valence-corrected chi connectivity index (χ3v) is 20.7. The molecule has 1 saturated carbocycles. The van der Waals surface area contributed by atoms with Crippen molar-refractivity contribution in [1.29, 1.82) is 0 Å². The number of benzene rings is 4. The summed E-state index contributed by atoms with van der Waals surface area (Å²) >= 11 is 0. The maximum atomic E-state index is 13.7. The van der Waals surface area contributed by atoms with E-state index in [-0.39, 0.29) is 47.9 Å². The maximum Gasteiger partial charge on any atom is 0.410 e. The lowest BCUT2D eigenvalue weighted by atomic mass is 9.91. The zero-order valence-electron chi connectivity index (χ0n) is 58.5. The molecule has 99 heavy (non-hydrogen) atoms. The molecule has 2 aromatic heterocycles. The van der Waals surface area contributed by atoms with Crippen LogP contribution in [0.1, 0.15) is 183 Å². The van der Waals surface area contributed by atoms with Crippen LogP contribution in [0.25, 0.3) is 55.9 Å². The number of aromatic amines is 2. The highest BCUT2D eigenvalue weighted by molar-refractivity contribution is 6.05. The smallest absolute Gasteiger partial charge is 0.410 e. The number of ether oxygens (including phenoxy) is 5. The molecule has 6 aromatic rings. The summed E-state index contributed by atoms with van der Waals surface area (Å²) in [6, 6.07) is 24.5. The maximum absolute atomic E-state index is 13.7. The highest BCUT2D eigenvalue weighted by atomic mass is 16.6. The van der Waals surface area contributed by atoms with Crippen molar-refractivity contribution in [2.24, 2.45) is 21.8 Å². The van der Waals surface area contributed by atoms with E-state index >= 15 is 0 Å². The number of hydrogen-bond donors (Lipinski definition) is 4. The van der Waals surface area contributed by atoms with Gasteiger partial charge < -0.3 is 54.1 Å². The molecule has 21 nitrogen and oxygen atoms in total. The molecule has 0 spiro atoms. The summed E-state index contributed by atoms with van der Waals surface area (Å²) in [5, 5.41) is 5.43. The number of carbonyl (C=O) groups is 5. The van der Waals surface area contributed by atoms with E-state index in [9.17, 15) is 24.0 Å². The Bertz CT molecular complexity index is 4180. The van der Waals surface area contributed by atoms with Crippen molar-refractivity contribution in [2.75, 3.05) is 33.9 Å². The summed E-state index contributed by atoms with van der Waals surface area (Å²) in [7, 11) is 2.59. The number of rotatable bonds is 14. The SMILES string of the molecule is CC(C)(C)OC(=O)N1CCC[C@H]1C1=NC=C(c2ccc3c(c2)COCc2cc(-c4cnc(C5CCCC5)[nH]4)ccc2-3)C1.COC(=O)N[C@H](C(=O)N1CCC[C@H]1C1=NC=C(c2ccc3c(c2)COCc2cc(-c4cnc([C@@H]5CCCN5C(=O)[C@@H](NC(=O)OC)C(C)C)[nH]4)ccc2-3)C1)C(C)C. The van der Waals surface area contributed by atoms with Crippen LogP contribution in [-0.2, 0) is 59.7 Å². The molecule has 520 valence electrons. The van der Waals surface area contributed by atoms with E-state index in [4.69, 9.17) is 43.6 Å². The summed E-state index contributed by atoms with van der Waals surface area (Å²) < 4.78 is 27.7. The number of likely N-dealkylation sites (tertiary alicyclic amines) is 3. The molecule has 14 rings (SSSR count). The first-order valence-electron chi connectivity index (χ1n) is 35.4. The van der Waals surface area contributed by atoms with Gasteiger partial charge in [-0.2, -0.15) is 0 Å². The molecule has 3 saturated heterocycles. The van der Waals surface area contributed by atoms with Crippen LogP contribution in [0.2, 0.25) is 0 Å². The number of alkyl carbamates (subject to hydrolysis) is 2. The molecule has 1 aliphatic carbocycles. The number of aromatic nitrogens is 4. The van der Waals surface area contributed by atoms with Gasteiger partial charge in [-0.25, -0.2) is 24.4 Å². The van der Waals surface area contributed by atoms with Gasteiger partial charge in [-0.3, -0.25) is 24.5 Å². The third kappa shape index (κ3) is 14.8. The lowest BCUT2D eigenvalue weighted by Gasteiger charge is -2.31. The van der Waals surface area contributed by atoms with Gasteiger partial charge in [-0.05, 0) is 186 Å². The minimum absolute atomic E-state index is 0.00273. The van der Waals surface area contributed by atoms with E-state index < -0.39 is 29.9 Å². The number of allylic oxidation sites excluding steroid dienone is 2. The summed E-state index contributed by atoms with van der Waals surface area (Å²) in [6.07, 6.45) is 17.9. The lowest BCUT2D eigenvalue weighted by Crippen LogP contribution is -2.53. The Balaban J connectivity index is 0.000000186. The third-order valence-electron chi connectivity index (χ3n) is 20.7. The first-order chi connectivity index (χ1) is 47.8. The first-order valence-corrected chi connectivity index (χ1v) is 35.4. The monoisotopic (exact) mass is 1340 g/mol. The Kier molecular flexibility index (Phi) is 20.2. The average Bonchev–Trinajstić information content (AvgIpc) is 1.70. The molecule has 5 amide bonds. The number of nitrogens with one attached hydrogen (secondary N) is 4. The number of aliphatic imine (C=N–C) groups is 2. The molecule has 4 aromatic carbocycles. The van der Waals surface area contributed by atoms with E-state index in [1.54, 1.807) is 0 Å². The minimum atomic E-state index is -0.696. The van der Waals surface area contributed by atoms with Gasteiger partial charge in [0, 0.05) is 62.2 Å². The van der Waals surface area contributed by atoms with Crippen LogP contribution in [0, 0.1) is 11.8 Å². The molecule has 7 aliphatic heterocycles. The molecular weight excluding hydrogens is 1250 g/mol. The van der Waals surface area contributed by atoms with Crippen molar-refractivity contribution in [1.82, 2.24) is 45.3 Å². The number of nitrogens with zero attached hydrogens (tertiary/aromatic N) is 7. The van der Waals surface area contributed by atoms with E-state index in [0.29, 0.717) is 58.4 Å².